The first-order valence-corrected chi connectivity index (χ1v) is 6.46. The number of anilines is 2. The zero-order valence-electron chi connectivity index (χ0n) is 10.9. The number of esters is 1. The lowest BCUT2D eigenvalue weighted by atomic mass is 10.3. The van der Waals surface area contributed by atoms with Gasteiger partial charge in [0.25, 0.3) is 0 Å². The van der Waals surface area contributed by atoms with Crippen LogP contribution < -0.4 is 5.32 Å². The van der Waals surface area contributed by atoms with E-state index in [0.29, 0.717) is 11.0 Å². The quantitative estimate of drug-likeness (QED) is 0.713. The normalized spacial score (nSPS) is 10.8. The molecule has 0 atom stereocenters. The van der Waals surface area contributed by atoms with Gasteiger partial charge in [0.2, 0.25) is 5.95 Å². The van der Waals surface area contributed by atoms with Crippen molar-refractivity contribution in [2.45, 2.75) is 6.92 Å². The maximum absolute atomic E-state index is 11.4. The number of aromatic nitrogens is 4. The van der Waals surface area contributed by atoms with Gasteiger partial charge in [0.1, 0.15) is 0 Å². The number of fused-ring (bicyclic) bond motifs is 1. The van der Waals surface area contributed by atoms with Gasteiger partial charge < -0.3 is 14.1 Å². The number of rotatable bonds is 4. The molecule has 0 radical (unpaired) electrons. The van der Waals surface area contributed by atoms with Crippen molar-refractivity contribution in [2.24, 2.45) is 0 Å². The number of imidazole rings is 1. The number of hydrogen-bond acceptors (Lipinski definition) is 7. The molecule has 0 aliphatic rings. The summed E-state index contributed by atoms with van der Waals surface area (Å²) in [5.74, 6) is -0.501. The van der Waals surface area contributed by atoms with Crippen molar-refractivity contribution in [3.05, 3.63) is 29.1 Å². The van der Waals surface area contributed by atoms with E-state index >= 15 is 0 Å². The van der Waals surface area contributed by atoms with Crippen LogP contribution >= 0.6 is 11.6 Å². The molecule has 3 rings (SSSR count). The summed E-state index contributed by atoms with van der Waals surface area (Å²) < 4.78 is 9.88. The summed E-state index contributed by atoms with van der Waals surface area (Å²) in [6, 6.07) is 5.28. The number of carbonyl (C=O) groups is 1. The minimum atomic E-state index is -0.672. The molecule has 0 aliphatic heterocycles. The molecule has 108 valence electrons. The predicted molar refractivity (Wildman–Crippen MR) is 74.6 cm³/mol. The molecule has 2 aromatic heterocycles. The number of carbonyl (C=O) groups excluding carboxylic acids is 1. The fourth-order valence-corrected chi connectivity index (χ4v) is 1.86. The van der Waals surface area contributed by atoms with Crippen LogP contribution in [0.15, 0.2) is 22.6 Å². The lowest BCUT2D eigenvalue weighted by Crippen LogP contribution is -2.04. The van der Waals surface area contributed by atoms with E-state index in [2.05, 4.69) is 25.5 Å². The highest BCUT2D eigenvalue weighted by molar-refractivity contribution is 6.31. The molecule has 3 aromatic rings. The molecule has 21 heavy (non-hydrogen) atoms. The van der Waals surface area contributed by atoms with E-state index in [4.69, 9.17) is 20.8 Å². The Hall–Kier alpha value is -2.61. The summed E-state index contributed by atoms with van der Waals surface area (Å²) in [5, 5.41) is 10.6. The maximum Gasteiger partial charge on any atom is 0.396 e. The van der Waals surface area contributed by atoms with E-state index in [1.165, 1.54) is 0 Å². The van der Waals surface area contributed by atoms with Gasteiger partial charge in [-0.25, -0.2) is 9.78 Å². The molecular formula is C12H10ClN5O3. The molecule has 0 bridgehead atoms. The zero-order chi connectivity index (χ0) is 14.8. The van der Waals surface area contributed by atoms with Crippen LogP contribution in [-0.2, 0) is 4.74 Å². The van der Waals surface area contributed by atoms with Gasteiger partial charge in [-0.2, -0.15) is 0 Å². The predicted octanol–water partition coefficient (Wildman–Crippen LogP) is 2.52. The molecule has 0 unspecified atom stereocenters. The highest BCUT2D eigenvalue weighted by Crippen LogP contribution is 2.20. The molecule has 0 amide bonds. The van der Waals surface area contributed by atoms with E-state index in [0.717, 1.165) is 11.0 Å². The summed E-state index contributed by atoms with van der Waals surface area (Å²) in [7, 11) is 0. The van der Waals surface area contributed by atoms with E-state index in [1.54, 1.807) is 25.1 Å². The molecule has 2 heterocycles. The molecule has 0 saturated carbocycles. The number of H-pyrrole nitrogens is 1. The van der Waals surface area contributed by atoms with Crippen LogP contribution in [-0.4, -0.2) is 32.7 Å². The van der Waals surface area contributed by atoms with Crippen LogP contribution in [0.4, 0.5) is 12.0 Å². The van der Waals surface area contributed by atoms with Crippen LogP contribution in [0.2, 0.25) is 5.02 Å². The Morgan fingerprint density at radius 2 is 2.33 bits per heavy atom. The first-order chi connectivity index (χ1) is 10.2. The first kappa shape index (κ1) is 13.4. The van der Waals surface area contributed by atoms with E-state index < -0.39 is 5.97 Å². The Labute approximate surface area is 123 Å². The van der Waals surface area contributed by atoms with Crippen molar-refractivity contribution in [1.29, 1.82) is 0 Å². The van der Waals surface area contributed by atoms with E-state index in [1.807, 2.05) is 0 Å². The number of ether oxygens (including phenoxy) is 1. The standard InChI is InChI=1S/C12H10ClN5O3/c1-2-20-10(19)9-17-18-12(21-9)16-11-14-7-4-3-6(13)5-8(7)15-11/h3-5H,2H2,1H3,(H2,14,15,16,18). The van der Waals surface area contributed by atoms with Crippen LogP contribution in [0.3, 0.4) is 0 Å². The van der Waals surface area contributed by atoms with Crippen molar-refractivity contribution in [3.63, 3.8) is 0 Å². The third-order valence-electron chi connectivity index (χ3n) is 2.54. The van der Waals surface area contributed by atoms with Crippen LogP contribution in [0.25, 0.3) is 11.0 Å². The largest absolute Gasteiger partial charge is 0.459 e. The molecule has 9 heteroatoms. The number of benzene rings is 1. The van der Waals surface area contributed by atoms with Crippen molar-refractivity contribution in [3.8, 4) is 0 Å². The number of hydrogen-bond donors (Lipinski definition) is 2. The SMILES string of the molecule is CCOC(=O)c1nnc(Nc2nc3ccc(Cl)cc3[nH]2)o1. The second kappa shape index (κ2) is 5.41. The minimum Gasteiger partial charge on any atom is -0.459 e. The molecule has 2 N–H and O–H groups in total. The van der Waals surface area contributed by atoms with Crippen LogP contribution in [0.5, 0.6) is 0 Å². The highest BCUT2D eigenvalue weighted by Gasteiger charge is 2.16. The summed E-state index contributed by atoms with van der Waals surface area (Å²) in [4.78, 5) is 18.7. The number of nitrogens with one attached hydrogen (secondary N) is 2. The topological polar surface area (TPSA) is 106 Å². The van der Waals surface area contributed by atoms with Gasteiger partial charge in [-0.15, -0.1) is 0 Å². The van der Waals surface area contributed by atoms with Gasteiger partial charge in [0.15, 0.2) is 0 Å². The second-order valence-electron chi connectivity index (χ2n) is 4.00. The summed E-state index contributed by atoms with van der Waals surface area (Å²) in [6.45, 7) is 1.92. The Kier molecular flexibility index (Phi) is 3.44. The second-order valence-corrected chi connectivity index (χ2v) is 4.44. The average Bonchev–Trinajstić information content (AvgIpc) is 3.05. The van der Waals surface area contributed by atoms with Gasteiger partial charge in [-0.3, -0.25) is 5.32 Å². The van der Waals surface area contributed by atoms with Gasteiger partial charge in [-0.1, -0.05) is 21.8 Å². The zero-order valence-corrected chi connectivity index (χ0v) is 11.6. The first-order valence-electron chi connectivity index (χ1n) is 6.08. The Morgan fingerprint density at radius 1 is 1.48 bits per heavy atom. The third kappa shape index (κ3) is 2.79. The number of halogens is 1. The van der Waals surface area contributed by atoms with Crippen molar-refractivity contribution in [1.82, 2.24) is 20.2 Å². The van der Waals surface area contributed by atoms with Gasteiger partial charge >= 0.3 is 17.9 Å². The highest BCUT2D eigenvalue weighted by atomic mass is 35.5. The Bertz CT molecular complexity index is 797. The van der Waals surface area contributed by atoms with Crippen LogP contribution in [0, 0.1) is 0 Å². The lowest BCUT2D eigenvalue weighted by molar-refractivity contribution is 0.0481. The summed E-state index contributed by atoms with van der Waals surface area (Å²) in [5.41, 5.74) is 1.49. The van der Waals surface area contributed by atoms with Gasteiger partial charge in [0.05, 0.1) is 17.6 Å². The molecular weight excluding hydrogens is 298 g/mol. The summed E-state index contributed by atoms with van der Waals surface area (Å²) >= 11 is 5.90. The molecule has 0 saturated heterocycles. The van der Waals surface area contributed by atoms with Gasteiger partial charge in [0, 0.05) is 5.02 Å². The monoisotopic (exact) mass is 307 g/mol. The van der Waals surface area contributed by atoms with E-state index in [-0.39, 0.29) is 18.5 Å². The maximum atomic E-state index is 11.4. The fraction of sp³-hybridized carbons (Fsp3) is 0.167. The Morgan fingerprint density at radius 3 is 3.14 bits per heavy atom. The molecule has 8 nitrogen and oxygen atoms in total. The minimum absolute atomic E-state index is 0.0307. The van der Waals surface area contributed by atoms with Crippen LogP contribution in [0.1, 0.15) is 17.6 Å². The number of aromatic amines is 1. The van der Waals surface area contributed by atoms with Crippen molar-refractivity contribution < 1.29 is 13.9 Å². The Balaban J connectivity index is 1.80. The molecule has 0 fully saturated rings. The fourth-order valence-electron chi connectivity index (χ4n) is 1.69. The molecule has 1 aromatic carbocycles. The smallest absolute Gasteiger partial charge is 0.396 e. The van der Waals surface area contributed by atoms with Gasteiger partial charge in [-0.05, 0) is 25.1 Å². The van der Waals surface area contributed by atoms with Crippen molar-refractivity contribution >= 4 is 40.6 Å². The summed E-state index contributed by atoms with van der Waals surface area (Å²) in [6.07, 6.45) is 0. The number of nitrogens with zero attached hydrogens (tertiary/aromatic N) is 3. The lowest BCUT2D eigenvalue weighted by Gasteiger charge is -1.95. The average molecular weight is 308 g/mol. The molecule has 0 aliphatic carbocycles. The third-order valence-corrected chi connectivity index (χ3v) is 2.78. The van der Waals surface area contributed by atoms with Crippen molar-refractivity contribution in [2.75, 3.05) is 11.9 Å². The van der Waals surface area contributed by atoms with E-state index in [9.17, 15) is 4.79 Å². The molecule has 0 spiro atoms.